The maximum atomic E-state index is 13.7. The number of carbonyl (C=O) groups is 2. The molecule has 1 N–H and O–H groups in total. The van der Waals surface area contributed by atoms with Gasteiger partial charge in [-0.3, -0.25) is 14.5 Å². The largest absolute Gasteiger partial charge is 0.321 e. The fraction of sp³-hybridized carbons (Fsp3) is 0.179. The number of nitriles is 1. The van der Waals surface area contributed by atoms with Crippen LogP contribution in [0.5, 0.6) is 0 Å². The molecule has 36 heavy (non-hydrogen) atoms. The van der Waals surface area contributed by atoms with Crippen LogP contribution < -0.4 is 10.2 Å². The van der Waals surface area contributed by atoms with Gasteiger partial charge in [-0.2, -0.15) is 5.26 Å². The first kappa shape index (κ1) is 25.8. The fourth-order valence-corrected chi connectivity index (χ4v) is 5.65. The molecule has 1 fully saturated rings. The van der Waals surface area contributed by atoms with Crippen molar-refractivity contribution in [3.8, 4) is 6.07 Å². The molecule has 0 saturated carbocycles. The SMILES string of the molecule is Cc1ccc(N2C(=O)C(Cc3ccc(Cl)cc3Cl)S/C2=C(/C#N)C(=O)Nc2ccccc2C)cc1C. The molecule has 0 bridgehead atoms. The van der Waals surface area contributed by atoms with Gasteiger partial charge in [0.2, 0.25) is 5.91 Å². The zero-order valence-electron chi connectivity index (χ0n) is 19.9. The van der Waals surface area contributed by atoms with Gasteiger partial charge in [0.05, 0.1) is 5.25 Å². The van der Waals surface area contributed by atoms with Crippen LogP contribution in [0, 0.1) is 32.1 Å². The first-order chi connectivity index (χ1) is 17.2. The Balaban J connectivity index is 1.77. The quantitative estimate of drug-likeness (QED) is 0.282. The predicted molar refractivity (Wildman–Crippen MR) is 147 cm³/mol. The van der Waals surface area contributed by atoms with Crippen molar-refractivity contribution < 1.29 is 9.59 Å². The molecule has 3 aromatic carbocycles. The Labute approximate surface area is 224 Å². The average Bonchev–Trinajstić information content (AvgIpc) is 3.15. The number of rotatable bonds is 5. The van der Waals surface area contributed by atoms with Crippen LogP contribution in [-0.4, -0.2) is 17.1 Å². The summed E-state index contributed by atoms with van der Waals surface area (Å²) in [4.78, 5) is 28.5. The molecule has 1 heterocycles. The summed E-state index contributed by atoms with van der Waals surface area (Å²) in [6.45, 7) is 5.81. The molecule has 1 aliphatic heterocycles. The monoisotopic (exact) mass is 535 g/mol. The number of benzene rings is 3. The number of thioether (sulfide) groups is 1. The summed E-state index contributed by atoms with van der Waals surface area (Å²) in [5.74, 6) is -0.790. The van der Waals surface area contributed by atoms with Crippen molar-refractivity contribution in [1.82, 2.24) is 0 Å². The number of anilines is 2. The molecule has 1 aliphatic rings. The standard InChI is InChI=1S/C28H23Cl2N3O2S/c1-16-8-11-21(12-18(16)3)33-27(35)25(13-19-9-10-20(29)14-23(19)30)36-28(33)22(15-31)26(34)32-24-7-5-4-6-17(24)2/h4-12,14,25H,13H2,1-3H3,(H,32,34)/b28-22-. The summed E-state index contributed by atoms with van der Waals surface area (Å²) < 4.78 is 0. The van der Waals surface area contributed by atoms with Gasteiger partial charge in [-0.25, -0.2) is 0 Å². The van der Waals surface area contributed by atoms with Crippen molar-refractivity contribution in [2.45, 2.75) is 32.4 Å². The minimum absolute atomic E-state index is 0.125. The molecule has 5 nitrogen and oxygen atoms in total. The third kappa shape index (κ3) is 5.29. The van der Waals surface area contributed by atoms with Gasteiger partial charge in [-0.05, 0) is 79.8 Å². The summed E-state index contributed by atoms with van der Waals surface area (Å²) in [7, 11) is 0. The van der Waals surface area contributed by atoms with E-state index in [1.807, 2.05) is 63.2 Å². The molecule has 3 aromatic rings. The number of hydrogen-bond donors (Lipinski definition) is 1. The second-order valence-corrected chi connectivity index (χ2v) is 10.6. The van der Waals surface area contributed by atoms with Crippen LogP contribution in [0.1, 0.15) is 22.3 Å². The first-order valence-electron chi connectivity index (χ1n) is 11.2. The highest BCUT2D eigenvalue weighted by atomic mass is 35.5. The van der Waals surface area contributed by atoms with Crippen LogP contribution in [0.25, 0.3) is 0 Å². The van der Waals surface area contributed by atoms with Gasteiger partial charge in [-0.15, -0.1) is 0 Å². The number of para-hydroxylation sites is 1. The first-order valence-corrected chi connectivity index (χ1v) is 12.9. The van der Waals surface area contributed by atoms with Crippen molar-refractivity contribution in [3.05, 3.63) is 104 Å². The lowest BCUT2D eigenvalue weighted by atomic mass is 10.1. The highest BCUT2D eigenvalue weighted by molar-refractivity contribution is 8.05. The van der Waals surface area contributed by atoms with Crippen LogP contribution in [0.3, 0.4) is 0 Å². The van der Waals surface area contributed by atoms with E-state index >= 15 is 0 Å². The number of nitrogens with zero attached hydrogens (tertiary/aromatic N) is 2. The smallest absolute Gasteiger partial charge is 0.269 e. The van der Waals surface area contributed by atoms with E-state index in [9.17, 15) is 14.9 Å². The van der Waals surface area contributed by atoms with Gasteiger partial charge >= 0.3 is 0 Å². The van der Waals surface area contributed by atoms with Crippen molar-refractivity contribution in [3.63, 3.8) is 0 Å². The number of amides is 2. The Kier molecular flexibility index (Phi) is 7.75. The zero-order valence-corrected chi connectivity index (χ0v) is 22.3. The van der Waals surface area contributed by atoms with Gasteiger partial charge in [0.25, 0.3) is 5.91 Å². The zero-order chi connectivity index (χ0) is 26.0. The molecule has 0 aromatic heterocycles. The van der Waals surface area contributed by atoms with E-state index in [2.05, 4.69) is 5.32 Å². The lowest BCUT2D eigenvalue weighted by Gasteiger charge is -2.20. The molecule has 0 spiro atoms. The van der Waals surface area contributed by atoms with Crippen LogP contribution >= 0.6 is 35.0 Å². The Morgan fingerprint density at radius 1 is 1.03 bits per heavy atom. The Bertz CT molecular complexity index is 1440. The summed E-state index contributed by atoms with van der Waals surface area (Å²) >= 11 is 13.6. The third-order valence-corrected chi connectivity index (χ3v) is 7.92. The van der Waals surface area contributed by atoms with E-state index < -0.39 is 11.2 Å². The van der Waals surface area contributed by atoms with Gasteiger partial charge < -0.3 is 5.32 Å². The van der Waals surface area contributed by atoms with Crippen LogP contribution in [0.15, 0.2) is 71.3 Å². The molecular weight excluding hydrogens is 513 g/mol. The predicted octanol–water partition coefficient (Wildman–Crippen LogP) is 6.98. The summed E-state index contributed by atoms with van der Waals surface area (Å²) in [5.41, 5.74) is 4.78. The molecule has 1 saturated heterocycles. The Morgan fingerprint density at radius 2 is 1.78 bits per heavy atom. The van der Waals surface area contributed by atoms with Crippen molar-refractivity contribution in [2.75, 3.05) is 10.2 Å². The molecule has 182 valence electrons. The van der Waals surface area contributed by atoms with Crippen molar-refractivity contribution in [2.24, 2.45) is 0 Å². The van der Waals surface area contributed by atoms with Crippen LogP contribution in [-0.2, 0) is 16.0 Å². The number of nitrogens with one attached hydrogen (secondary N) is 1. The molecule has 1 unspecified atom stereocenters. The number of aryl methyl sites for hydroxylation is 3. The summed E-state index contributed by atoms with van der Waals surface area (Å²) in [6.07, 6.45) is 0.322. The maximum Gasteiger partial charge on any atom is 0.269 e. The van der Waals surface area contributed by atoms with Gasteiger partial charge in [0, 0.05) is 21.4 Å². The highest BCUT2D eigenvalue weighted by Crippen LogP contribution is 2.43. The van der Waals surface area contributed by atoms with Gasteiger partial charge in [0.1, 0.15) is 16.7 Å². The maximum absolute atomic E-state index is 13.7. The Morgan fingerprint density at radius 3 is 2.44 bits per heavy atom. The van der Waals surface area contributed by atoms with Gasteiger partial charge in [0.15, 0.2) is 0 Å². The van der Waals surface area contributed by atoms with E-state index in [1.54, 1.807) is 24.3 Å². The molecule has 4 rings (SSSR count). The lowest BCUT2D eigenvalue weighted by Crippen LogP contribution is -2.31. The number of halogens is 2. The van der Waals surface area contributed by atoms with Crippen molar-refractivity contribution >= 4 is 58.2 Å². The summed E-state index contributed by atoms with van der Waals surface area (Å²) in [6, 6.07) is 20.1. The molecule has 0 aliphatic carbocycles. The lowest BCUT2D eigenvalue weighted by molar-refractivity contribution is -0.117. The number of carbonyl (C=O) groups excluding carboxylic acids is 2. The second kappa shape index (κ2) is 10.8. The van der Waals surface area contributed by atoms with Gasteiger partial charge in [-0.1, -0.05) is 65.3 Å². The number of hydrogen-bond acceptors (Lipinski definition) is 4. The molecular formula is C28H23Cl2N3O2S. The molecule has 8 heteroatoms. The van der Waals surface area contributed by atoms with E-state index in [0.29, 0.717) is 32.9 Å². The normalized spacial score (nSPS) is 16.6. The second-order valence-electron chi connectivity index (χ2n) is 8.55. The fourth-order valence-electron chi connectivity index (χ4n) is 3.87. The topological polar surface area (TPSA) is 73.2 Å². The third-order valence-electron chi connectivity index (χ3n) is 6.07. The van der Waals surface area contributed by atoms with E-state index in [4.69, 9.17) is 23.2 Å². The van der Waals surface area contributed by atoms with E-state index in [1.165, 1.54) is 16.7 Å². The Hall–Kier alpha value is -3.24. The highest BCUT2D eigenvalue weighted by Gasteiger charge is 2.41. The van der Waals surface area contributed by atoms with E-state index in [-0.39, 0.29) is 11.5 Å². The molecule has 0 radical (unpaired) electrons. The molecule has 2 amide bonds. The molecule has 1 atom stereocenters. The van der Waals surface area contributed by atoms with Crippen LogP contribution in [0.2, 0.25) is 10.0 Å². The average molecular weight is 536 g/mol. The van der Waals surface area contributed by atoms with E-state index in [0.717, 1.165) is 22.3 Å². The van der Waals surface area contributed by atoms with Crippen molar-refractivity contribution in [1.29, 1.82) is 5.26 Å². The minimum atomic E-state index is -0.574. The summed E-state index contributed by atoms with van der Waals surface area (Å²) in [5, 5.41) is 13.6. The van der Waals surface area contributed by atoms with Crippen LogP contribution in [0.4, 0.5) is 11.4 Å². The minimum Gasteiger partial charge on any atom is -0.321 e.